The molecule has 6 nitrogen and oxygen atoms in total. The maximum atomic E-state index is 11.8. The van der Waals surface area contributed by atoms with E-state index >= 15 is 0 Å². The van der Waals surface area contributed by atoms with Crippen LogP contribution in [-0.2, 0) is 14.7 Å². The van der Waals surface area contributed by atoms with Gasteiger partial charge >= 0.3 is 5.97 Å². The normalized spacial score (nSPS) is 18.6. The van der Waals surface area contributed by atoms with Crippen LogP contribution in [0.2, 0.25) is 5.02 Å². The largest absolute Gasteiger partial charge is 0.478 e. The van der Waals surface area contributed by atoms with Gasteiger partial charge in [-0.1, -0.05) is 11.6 Å². The number of hydroxylamine groups is 1. The van der Waals surface area contributed by atoms with Crippen molar-refractivity contribution in [3.05, 3.63) is 40.1 Å². The highest BCUT2D eigenvalue weighted by Gasteiger charge is 2.29. The molecule has 0 saturated heterocycles. The molecule has 0 spiro atoms. The molecular weight excluding hydrogens is 306 g/mol. The molecule has 1 aliphatic rings. The smallest absolute Gasteiger partial charge is 0.337 e. The fourth-order valence-electron chi connectivity index (χ4n) is 1.92. The molecule has 1 unspecified atom stereocenters. The Morgan fingerprint density at radius 2 is 2.10 bits per heavy atom. The van der Waals surface area contributed by atoms with Crippen LogP contribution in [0.15, 0.2) is 28.8 Å². The molecule has 0 aromatic heterocycles. The number of rotatable bonds is 3. The van der Waals surface area contributed by atoms with E-state index in [1.54, 1.807) is 13.0 Å². The van der Waals surface area contributed by atoms with Crippen LogP contribution in [-0.4, -0.2) is 25.7 Å². The van der Waals surface area contributed by atoms with Gasteiger partial charge in [0, 0.05) is 17.5 Å². The van der Waals surface area contributed by atoms with E-state index in [1.165, 1.54) is 12.1 Å². The van der Waals surface area contributed by atoms with Crippen LogP contribution in [0.4, 0.5) is 0 Å². The van der Waals surface area contributed by atoms with Gasteiger partial charge in [-0.2, -0.15) is 0 Å². The summed E-state index contributed by atoms with van der Waals surface area (Å²) < 4.78 is 23.6. The lowest BCUT2D eigenvalue weighted by molar-refractivity contribution is 0.0406. The van der Waals surface area contributed by atoms with Crippen LogP contribution in [0, 0.1) is 0 Å². The monoisotopic (exact) mass is 317 g/mol. The maximum absolute atomic E-state index is 11.8. The van der Waals surface area contributed by atoms with Gasteiger partial charge in [-0.3, -0.25) is 10.3 Å². The lowest BCUT2D eigenvalue weighted by atomic mass is 10.0. The lowest BCUT2D eigenvalue weighted by Crippen LogP contribution is -2.13. The Kier molecular flexibility index (Phi) is 3.77. The number of allylic oxidation sites excluding steroid dienone is 1. The van der Waals surface area contributed by atoms with Crippen molar-refractivity contribution in [1.82, 2.24) is 5.48 Å². The zero-order valence-corrected chi connectivity index (χ0v) is 12.2. The van der Waals surface area contributed by atoms with Crippen molar-refractivity contribution in [1.29, 1.82) is 0 Å². The van der Waals surface area contributed by atoms with Gasteiger partial charge in [0.2, 0.25) is 0 Å². The molecule has 2 rings (SSSR count). The van der Waals surface area contributed by atoms with Crippen LogP contribution in [0.3, 0.4) is 0 Å². The number of aromatic carboxylic acids is 1. The van der Waals surface area contributed by atoms with Crippen molar-refractivity contribution in [2.45, 2.75) is 17.9 Å². The minimum Gasteiger partial charge on any atom is -0.478 e. The van der Waals surface area contributed by atoms with Crippen LogP contribution in [0.1, 0.15) is 28.9 Å². The lowest BCUT2D eigenvalue weighted by Gasteiger charge is -2.15. The zero-order chi connectivity index (χ0) is 15.1. The van der Waals surface area contributed by atoms with E-state index in [1.807, 2.05) is 0 Å². The molecule has 0 fully saturated rings. The number of benzene rings is 1. The summed E-state index contributed by atoms with van der Waals surface area (Å²) in [6, 6.07) is 2.40. The SMILES string of the molecule is CC1=CC(c2c(S(C)(=O)=O)ccc(C(=O)O)c2Cl)ON1. The van der Waals surface area contributed by atoms with Crippen LogP contribution >= 0.6 is 11.6 Å². The first kappa shape index (κ1) is 14.8. The summed E-state index contributed by atoms with van der Waals surface area (Å²) in [6.45, 7) is 1.73. The molecule has 108 valence electrons. The summed E-state index contributed by atoms with van der Waals surface area (Å²) in [6.07, 6.45) is 1.90. The second-order valence-electron chi connectivity index (χ2n) is 4.41. The van der Waals surface area contributed by atoms with E-state index in [0.717, 1.165) is 6.26 Å². The van der Waals surface area contributed by atoms with E-state index in [4.69, 9.17) is 21.5 Å². The molecule has 0 aliphatic carbocycles. The fourth-order valence-corrected chi connectivity index (χ4v) is 3.26. The van der Waals surface area contributed by atoms with Crippen LogP contribution in [0.5, 0.6) is 0 Å². The minimum atomic E-state index is -3.57. The standard InChI is InChI=1S/C12H12ClNO5S/c1-6-5-8(19-14-6)10-9(20(2,17)18)4-3-7(11(10)13)12(15)16/h3-5,8,14H,1-2H3,(H,15,16). The van der Waals surface area contributed by atoms with Gasteiger partial charge < -0.3 is 5.11 Å². The molecular formula is C12H12ClNO5S. The van der Waals surface area contributed by atoms with Crippen molar-refractivity contribution in [2.75, 3.05) is 6.26 Å². The third kappa shape index (κ3) is 2.65. The third-order valence-electron chi connectivity index (χ3n) is 2.80. The van der Waals surface area contributed by atoms with Crippen molar-refractivity contribution in [3.63, 3.8) is 0 Å². The molecule has 1 aromatic carbocycles. The quantitative estimate of drug-likeness (QED) is 0.884. The van der Waals surface area contributed by atoms with E-state index in [2.05, 4.69) is 5.48 Å². The number of carboxylic acids is 1. The number of hydrogen-bond acceptors (Lipinski definition) is 5. The van der Waals surface area contributed by atoms with Gasteiger partial charge in [0.25, 0.3) is 0 Å². The topological polar surface area (TPSA) is 92.7 Å². The van der Waals surface area contributed by atoms with E-state index in [9.17, 15) is 13.2 Å². The van der Waals surface area contributed by atoms with Crippen molar-refractivity contribution in [2.24, 2.45) is 0 Å². The minimum absolute atomic E-state index is 0.0507. The summed E-state index contributed by atoms with van der Waals surface area (Å²) in [4.78, 5) is 16.3. The Labute approximate surface area is 120 Å². The Balaban J connectivity index is 2.73. The highest BCUT2D eigenvalue weighted by molar-refractivity contribution is 7.90. The number of carbonyl (C=O) groups is 1. The Hall–Kier alpha value is -1.57. The summed E-state index contributed by atoms with van der Waals surface area (Å²) in [7, 11) is -3.57. The molecule has 2 N–H and O–H groups in total. The van der Waals surface area contributed by atoms with Crippen LogP contribution < -0.4 is 5.48 Å². The molecule has 1 atom stereocenters. The van der Waals surface area contributed by atoms with Gasteiger partial charge in [-0.05, 0) is 25.1 Å². The van der Waals surface area contributed by atoms with Gasteiger partial charge in [-0.25, -0.2) is 13.2 Å². The van der Waals surface area contributed by atoms with E-state index in [-0.39, 0.29) is 21.0 Å². The number of carboxylic acid groups (broad SMARTS) is 1. The number of nitrogens with one attached hydrogen (secondary N) is 1. The van der Waals surface area contributed by atoms with E-state index < -0.39 is 21.9 Å². The summed E-state index contributed by atoms with van der Waals surface area (Å²) >= 11 is 6.06. The van der Waals surface area contributed by atoms with Crippen molar-refractivity contribution < 1.29 is 23.2 Å². The Bertz CT molecular complexity index is 711. The predicted octanol–water partition coefficient (Wildman–Crippen LogP) is 1.92. The summed E-state index contributed by atoms with van der Waals surface area (Å²) in [5.74, 6) is -1.23. The Morgan fingerprint density at radius 3 is 2.55 bits per heavy atom. The second kappa shape index (κ2) is 5.08. The first-order valence-electron chi connectivity index (χ1n) is 5.57. The van der Waals surface area contributed by atoms with Gasteiger partial charge in [0.1, 0.15) is 6.10 Å². The molecule has 8 heteroatoms. The average Bonchev–Trinajstić information content (AvgIpc) is 2.73. The maximum Gasteiger partial charge on any atom is 0.337 e. The number of sulfone groups is 1. The molecule has 0 amide bonds. The van der Waals surface area contributed by atoms with E-state index in [0.29, 0.717) is 5.70 Å². The average molecular weight is 318 g/mol. The van der Waals surface area contributed by atoms with Gasteiger partial charge in [0.05, 0.1) is 15.5 Å². The molecule has 1 aliphatic heterocycles. The molecule has 1 aromatic rings. The van der Waals surface area contributed by atoms with Crippen molar-refractivity contribution in [3.8, 4) is 0 Å². The molecule has 1 heterocycles. The highest BCUT2D eigenvalue weighted by atomic mass is 35.5. The second-order valence-corrected chi connectivity index (χ2v) is 6.77. The number of halogens is 1. The van der Waals surface area contributed by atoms with Gasteiger partial charge in [-0.15, -0.1) is 0 Å². The third-order valence-corrected chi connectivity index (χ3v) is 4.36. The zero-order valence-electron chi connectivity index (χ0n) is 10.7. The van der Waals surface area contributed by atoms with Gasteiger partial charge in [0.15, 0.2) is 9.84 Å². The summed E-state index contributed by atoms with van der Waals surface area (Å²) in [5, 5.41) is 8.93. The molecule has 0 radical (unpaired) electrons. The molecule has 0 bridgehead atoms. The highest BCUT2D eigenvalue weighted by Crippen LogP contribution is 2.37. The summed E-state index contributed by atoms with van der Waals surface area (Å²) in [5.41, 5.74) is 3.22. The van der Waals surface area contributed by atoms with Crippen molar-refractivity contribution >= 4 is 27.4 Å². The van der Waals surface area contributed by atoms with Crippen LogP contribution in [0.25, 0.3) is 0 Å². The predicted molar refractivity (Wildman–Crippen MR) is 72.2 cm³/mol. The molecule has 0 saturated carbocycles. The number of hydrogen-bond donors (Lipinski definition) is 2. The first-order chi connectivity index (χ1) is 9.21. The Morgan fingerprint density at radius 1 is 1.45 bits per heavy atom. The first-order valence-corrected chi connectivity index (χ1v) is 7.84. The molecule has 20 heavy (non-hydrogen) atoms. The fraction of sp³-hybridized carbons (Fsp3) is 0.250.